The zero-order chi connectivity index (χ0) is 9.84. The first kappa shape index (κ1) is 10.9. The molecule has 0 aromatic heterocycles. The normalized spacial score (nSPS) is 40.6. The molecule has 0 aromatic rings. The predicted molar refractivity (Wildman–Crippen MR) is 44.4 cm³/mol. The summed E-state index contributed by atoms with van der Waals surface area (Å²) in [5, 5.41) is 18.6. The number of methoxy groups -OCH3 is 2. The molecule has 78 valence electrons. The number of hydrogen-bond acceptors (Lipinski definition) is 5. The maximum atomic E-state index is 9.69. The Labute approximate surface area is 77.2 Å². The fourth-order valence-electron chi connectivity index (χ4n) is 1.50. The van der Waals surface area contributed by atoms with Gasteiger partial charge in [-0.1, -0.05) is 0 Å². The maximum Gasteiger partial charge on any atom is 0.114 e. The second kappa shape index (κ2) is 4.88. The summed E-state index contributed by atoms with van der Waals surface area (Å²) in [5.41, 5.74) is 0. The Kier molecular flexibility index (Phi) is 4.08. The molecule has 13 heavy (non-hydrogen) atoms. The summed E-state index contributed by atoms with van der Waals surface area (Å²) in [6.45, 7) is 0.120. The Balaban J connectivity index is 2.59. The number of hydrogen-bond donors (Lipinski definition) is 2. The van der Waals surface area contributed by atoms with Gasteiger partial charge in [-0.3, -0.25) is 0 Å². The zero-order valence-corrected chi connectivity index (χ0v) is 7.84. The van der Waals surface area contributed by atoms with Crippen molar-refractivity contribution >= 4 is 0 Å². The molecule has 4 unspecified atom stereocenters. The van der Waals surface area contributed by atoms with Crippen molar-refractivity contribution in [3.05, 3.63) is 0 Å². The Morgan fingerprint density at radius 2 is 2.08 bits per heavy atom. The van der Waals surface area contributed by atoms with Gasteiger partial charge in [0, 0.05) is 14.2 Å². The van der Waals surface area contributed by atoms with E-state index in [0.29, 0.717) is 0 Å². The average molecular weight is 192 g/mol. The maximum absolute atomic E-state index is 9.69. The van der Waals surface area contributed by atoms with Gasteiger partial charge in [0.25, 0.3) is 0 Å². The molecule has 1 fully saturated rings. The molecule has 5 heteroatoms. The van der Waals surface area contributed by atoms with Gasteiger partial charge in [0.05, 0.1) is 13.2 Å². The molecular weight excluding hydrogens is 176 g/mol. The monoisotopic (exact) mass is 192 g/mol. The second-order valence-electron chi connectivity index (χ2n) is 3.02. The minimum Gasteiger partial charge on any atom is -0.394 e. The van der Waals surface area contributed by atoms with Gasteiger partial charge in [0.1, 0.15) is 24.4 Å². The van der Waals surface area contributed by atoms with Crippen LogP contribution in [0.15, 0.2) is 0 Å². The highest BCUT2D eigenvalue weighted by molar-refractivity contribution is 4.88. The van der Waals surface area contributed by atoms with Gasteiger partial charge in [0.2, 0.25) is 0 Å². The van der Waals surface area contributed by atoms with Crippen molar-refractivity contribution in [1.82, 2.24) is 0 Å². The third-order valence-electron chi connectivity index (χ3n) is 2.31. The second-order valence-corrected chi connectivity index (χ2v) is 3.02. The van der Waals surface area contributed by atoms with E-state index in [0.717, 1.165) is 0 Å². The van der Waals surface area contributed by atoms with Crippen molar-refractivity contribution < 1.29 is 24.4 Å². The van der Waals surface area contributed by atoms with Crippen LogP contribution < -0.4 is 0 Å². The van der Waals surface area contributed by atoms with E-state index in [1.807, 2.05) is 0 Å². The van der Waals surface area contributed by atoms with Gasteiger partial charge in [-0.2, -0.15) is 0 Å². The first-order chi connectivity index (χ1) is 6.24. The summed E-state index contributed by atoms with van der Waals surface area (Å²) < 4.78 is 15.3. The van der Waals surface area contributed by atoms with Crippen LogP contribution in [0.5, 0.6) is 0 Å². The van der Waals surface area contributed by atoms with E-state index >= 15 is 0 Å². The van der Waals surface area contributed by atoms with Crippen LogP contribution in [-0.4, -0.2) is 62.1 Å². The molecule has 0 aromatic carbocycles. The minimum atomic E-state index is -0.749. The van der Waals surface area contributed by atoms with Crippen LogP contribution in [0.2, 0.25) is 0 Å². The molecule has 0 aliphatic carbocycles. The van der Waals surface area contributed by atoms with Gasteiger partial charge < -0.3 is 24.4 Å². The summed E-state index contributed by atoms with van der Waals surface area (Å²) in [6.07, 6.45) is -2.12. The third kappa shape index (κ3) is 2.18. The van der Waals surface area contributed by atoms with Crippen molar-refractivity contribution in [2.24, 2.45) is 0 Å². The molecule has 0 spiro atoms. The van der Waals surface area contributed by atoms with E-state index in [1.54, 1.807) is 0 Å². The molecule has 0 saturated carbocycles. The third-order valence-corrected chi connectivity index (χ3v) is 2.31. The Morgan fingerprint density at radius 3 is 2.54 bits per heavy atom. The van der Waals surface area contributed by atoms with E-state index in [9.17, 15) is 5.11 Å². The largest absolute Gasteiger partial charge is 0.394 e. The lowest BCUT2D eigenvalue weighted by atomic mass is 10.0. The number of ether oxygens (including phenoxy) is 3. The molecule has 1 heterocycles. The lowest BCUT2D eigenvalue weighted by Crippen LogP contribution is -2.55. The molecule has 1 rings (SSSR count). The van der Waals surface area contributed by atoms with Crippen molar-refractivity contribution in [3.8, 4) is 0 Å². The van der Waals surface area contributed by atoms with Crippen molar-refractivity contribution in [2.45, 2.75) is 24.4 Å². The average Bonchev–Trinajstić information content (AvgIpc) is 2.17. The van der Waals surface area contributed by atoms with E-state index in [1.165, 1.54) is 14.2 Å². The number of aliphatic hydroxyl groups is 2. The summed E-state index contributed by atoms with van der Waals surface area (Å²) >= 11 is 0. The number of aliphatic hydroxyl groups excluding tert-OH is 2. The van der Waals surface area contributed by atoms with Crippen molar-refractivity contribution in [3.63, 3.8) is 0 Å². The van der Waals surface area contributed by atoms with Crippen LogP contribution in [0.25, 0.3) is 0 Å². The molecule has 1 saturated heterocycles. The first-order valence-electron chi connectivity index (χ1n) is 4.20. The quantitative estimate of drug-likeness (QED) is 0.586. The van der Waals surface area contributed by atoms with Gasteiger partial charge in [-0.15, -0.1) is 0 Å². The smallest absolute Gasteiger partial charge is 0.114 e. The topological polar surface area (TPSA) is 68.2 Å². The van der Waals surface area contributed by atoms with Crippen LogP contribution in [0.1, 0.15) is 0 Å². The molecular formula is C8H16O5. The van der Waals surface area contributed by atoms with E-state index < -0.39 is 18.3 Å². The summed E-state index contributed by atoms with van der Waals surface area (Å²) in [4.78, 5) is 0. The molecule has 0 bridgehead atoms. The zero-order valence-electron chi connectivity index (χ0n) is 7.84. The molecule has 5 nitrogen and oxygen atoms in total. The SMILES string of the molecule is COC1COC(CO)C(OC)C1O. The molecule has 0 radical (unpaired) electrons. The molecule has 1 aliphatic heterocycles. The van der Waals surface area contributed by atoms with Crippen molar-refractivity contribution in [2.75, 3.05) is 27.4 Å². The fraction of sp³-hybridized carbons (Fsp3) is 1.00. The Hall–Kier alpha value is -0.200. The van der Waals surface area contributed by atoms with Crippen molar-refractivity contribution in [1.29, 1.82) is 0 Å². The number of rotatable bonds is 3. The lowest BCUT2D eigenvalue weighted by Gasteiger charge is -2.37. The minimum absolute atomic E-state index is 0.161. The molecule has 0 amide bonds. The van der Waals surface area contributed by atoms with Crippen LogP contribution >= 0.6 is 0 Å². The highest BCUT2D eigenvalue weighted by Crippen LogP contribution is 2.19. The van der Waals surface area contributed by atoms with Gasteiger partial charge in [-0.05, 0) is 0 Å². The van der Waals surface area contributed by atoms with Gasteiger partial charge in [-0.25, -0.2) is 0 Å². The summed E-state index contributed by atoms with van der Waals surface area (Å²) in [6, 6.07) is 0. The fourth-order valence-corrected chi connectivity index (χ4v) is 1.50. The van der Waals surface area contributed by atoms with E-state index in [4.69, 9.17) is 19.3 Å². The van der Waals surface area contributed by atoms with Crippen LogP contribution in [0, 0.1) is 0 Å². The highest BCUT2D eigenvalue weighted by Gasteiger charge is 2.39. The van der Waals surface area contributed by atoms with E-state index in [2.05, 4.69) is 0 Å². The van der Waals surface area contributed by atoms with E-state index in [-0.39, 0.29) is 19.3 Å². The van der Waals surface area contributed by atoms with Crippen LogP contribution in [0.4, 0.5) is 0 Å². The Morgan fingerprint density at radius 1 is 1.38 bits per heavy atom. The van der Waals surface area contributed by atoms with Crippen LogP contribution in [-0.2, 0) is 14.2 Å². The van der Waals surface area contributed by atoms with Crippen LogP contribution in [0.3, 0.4) is 0 Å². The summed E-state index contributed by atoms with van der Waals surface area (Å²) in [5.74, 6) is 0. The summed E-state index contributed by atoms with van der Waals surface area (Å²) in [7, 11) is 2.97. The Bertz CT molecular complexity index is 151. The predicted octanol–water partition coefficient (Wildman–Crippen LogP) is -1.23. The highest BCUT2D eigenvalue weighted by atomic mass is 16.6. The van der Waals surface area contributed by atoms with Gasteiger partial charge in [0.15, 0.2) is 0 Å². The molecule has 2 N–H and O–H groups in total. The van der Waals surface area contributed by atoms with Gasteiger partial charge >= 0.3 is 0 Å². The molecule has 4 atom stereocenters. The lowest BCUT2D eigenvalue weighted by molar-refractivity contribution is -0.210. The first-order valence-corrected chi connectivity index (χ1v) is 4.20. The standard InChI is InChI=1S/C8H16O5/c1-11-6-4-13-5(3-9)8(12-2)7(6)10/h5-10H,3-4H2,1-2H3. The molecule has 1 aliphatic rings.